The summed E-state index contributed by atoms with van der Waals surface area (Å²) in [7, 11) is 0. The van der Waals surface area contributed by atoms with Crippen molar-refractivity contribution in [3.8, 4) is 11.8 Å². The summed E-state index contributed by atoms with van der Waals surface area (Å²) < 4.78 is 5.32. The lowest BCUT2D eigenvalue weighted by Gasteiger charge is -2.09. The van der Waals surface area contributed by atoms with Crippen LogP contribution in [0.2, 0.25) is 0 Å². The van der Waals surface area contributed by atoms with Gasteiger partial charge in [0.15, 0.2) is 11.7 Å². The van der Waals surface area contributed by atoms with Gasteiger partial charge >= 0.3 is 0 Å². The molecule has 0 radical (unpaired) electrons. The summed E-state index contributed by atoms with van der Waals surface area (Å²) in [4.78, 5) is 13.6. The van der Waals surface area contributed by atoms with Gasteiger partial charge in [-0.3, -0.25) is 9.69 Å². The van der Waals surface area contributed by atoms with Gasteiger partial charge in [-0.15, -0.1) is 0 Å². The van der Waals surface area contributed by atoms with Crippen LogP contribution in [0.5, 0.6) is 5.75 Å². The summed E-state index contributed by atoms with van der Waals surface area (Å²) in [6.45, 7) is 2.34. The Bertz CT molecular complexity index is 619. The van der Waals surface area contributed by atoms with Gasteiger partial charge in [0.2, 0.25) is 0 Å². The molecule has 1 aromatic rings. The number of hydrogen-bond donors (Lipinski definition) is 1. The van der Waals surface area contributed by atoms with Crippen LogP contribution in [0.15, 0.2) is 30.0 Å². The van der Waals surface area contributed by atoms with Crippen molar-refractivity contribution in [1.29, 1.82) is 5.26 Å². The lowest BCUT2D eigenvalue weighted by molar-refractivity contribution is -0.122. The molecule has 1 saturated heterocycles. The SMILES string of the molecule is CCN1C(=O)/C(=C/c2ccccc2OCC#N)NC1=S. The van der Waals surface area contributed by atoms with E-state index in [1.165, 1.54) is 4.90 Å². The summed E-state index contributed by atoms with van der Waals surface area (Å²) in [5.74, 6) is 0.393. The van der Waals surface area contributed by atoms with E-state index in [-0.39, 0.29) is 12.5 Å². The van der Waals surface area contributed by atoms with E-state index < -0.39 is 0 Å². The van der Waals surface area contributed by atoms with E-state index in [0.29, 0.717) is 23.1 Å². The molecule has 0 aromatic heterocycles. The summed E-state index contributed by atoms with van der Waals surface area (Å²) in [5, 5.41) is 11.9. The van der Waals surface area contributed by atoms with E-state index >= 15 is 0 Å². The highest BCUT2D eigenvalue weighted by Gasteiger charge is 2.29. The molecule has 1 aromatic carbocycles. The van der Waals surface area contributed by atoms with Gasteiger partial charge in [0.25, 0.3) is 5.91 Å². The highest BCUT2D eigenvalue weighted by molar-refractivity contribution is 7.80. The van der Waals surface area contributed by atoms with Gasteiger partial charge in [0.05, 0.1) is 0 Å². The number of carbonyl (C=O) groups excluding carboxylic acids is 1. The minimum atomic E-state index is -0.160. The number of para-hydroxylation sites is 1. The number of benzene rings is 1. The molecule has 0 aliphatic carbocycles. The lowest BCUT2D eigenvalue weighted by atomic mass is 10.1. The fraction of sp³-hybridized carbons (Fsp3) is 0.214. The van der Waals surface area contributed by atoms with Crippen LogP contribution in [-0.4, -0.2) is 29.1 Å². The number of likely N-dealkylation sites (N-methyl/N-ethyl adjacent to an activating group) is 1. The highest BCUT2D eigenvalue weighted by Crippen LogP contribution is 2.22. The molecule has 5 nitrogen and oxygen atoms in total. The first-order chi connectivity index (χ1) is 9.67. The number of amides is 1. The van der Waals surface area contributed by atoms with Crippen molar-refractivity contribution in [2.75, 3.05) is 13.2 Å². The molecule has 0 atom stereocenters. The first kappa shape index (κ1) is 14.0. The molecular weight excluding hydrogens is 274 g/mol. The Kier molecular flexibility index (Phi) is 4.33. The number of carbonyl (C=O) groups is 1. The first-order valence-corrected chi connectivity index (χ1v) is 6.51. The Morgan fingerprint density at radius 2 is 2.25 bits per heavy atom. The summed E-state index contributed by atoms with van der Waals surface area (Å²) in [6, 6.07) is 9.12. The van der Waals surface area contributed by atoms with E-state index in [4.69, 9.17) is 22.2 Å². The average Bonchev–Trinajstić information content (AvgIpc) is 2.72. The van der Waals surface area contributed by atoms with Crippen LogP contribution in [0.3, 0.4) is 0 Å². The number of rotatable bonds is 4. The molecule has 20 heavy (non-hydrogen) atoms. The third-order valence-corrected chi connectivity index (χ3v) is 3.11. The standard InChI is InChI=1S/C14H13N3O2S/c1-2-17-13(18)11(16-14(17)20)9-10-5-3-4-6-12(10)19-8-7-15/h3-6,9H,2,8H2,1H3,(H,16,20)/b11-9-. The smallest absolute Gasteiger partial charge is 0.276 e. The van der Waals surface area contributed by atoms with E-state index in [1.807, 2.05) is 31.2 Å². The maximum atomic E-state index is 12.1. The Labute approximate surface area is 122 Å². The average molecular weight is 287 g/mol. The Morgan fingerprint density at radius 3 is 2.90 bits per heavy atom. The van der Waals surface area contributed by atoms with E-state index in [9.17, 15) is 4.79 Å². The van der Waals surface area contributed by atoms with Crippen LogP contribution in [0.4, 0.5) is 0 Å². The van der Waals surface area contributed by atoms with Gasteiger partial charge in [-0.1, -0.05) is 18.2 Å². The fourth-order valence-electron chi connectivity index (χ4n) is 1.86. The third-order valence-electron chi connectivity index (χ3n) is 2.79. The number of nitrogens with one attached hydrogen (secondary N) is 1. The predicted octanol–water partition coefficient (Wildman–Crippen LogP) is 1.67. The maximum absolute atomic E-state index is 12.1. The molecule has 1 aliphatic heterocycles. The molecule has 1 amide bonds. The predicted molar refractivity (Wildman–Crippen MR) is 78.6 cm³/mol. The summed E-state index contributed by atoms with van der Waals surface area (Å²) >= 11 is 5.09. The minimum absolute atomic E-state index is 0.0406. The van der Waals surface area contributed by atoms with Crippen molar-refractivity contribution >= 4 is 29.3 Å². The van der Waals surface area contributed by atoms with Gasteiger partial charge in [-0.2, -0.15) is 5.26 Å². The molecule has 0 spiro atoms. The highest BCUT2D eigenvalue weighted by atomic mass is 32.1. The second kappa shape index (κ2) is 6.17. The van der Waals surface area contributed by atoms with Crippen LogP contribution >= 0.6 is 12.2 Å². The van der Waals surface area contributed by atoms with Crippen molar-refractivity contribution in [1.82, 2.24) is 10.2 Å². The van der Waals surface area contributed by atoms with Crippen LogP contribution in [-0.2, 0) is 4.79 Å². The number of nitriles is 1. The van der Waals surface area contributed by atoms with Crippen LogP contribution in [0, 0.1) is 11.3 Å². The number of nitrogens with zero attached hydrogens (tertiary/aromatic N) is 2. The van der Waals surface area contributed by atoms with E-state index in [2.05, 4.69) is 5.32 Å². The summed E-state index contributed by atoms with van der Waals surface area (Å²) in [6.07, 6.45) is 1.68. The normalized spacial score (nSPS) is 16.2. The minimum Gasteiger partial charge on any atom is -0.478 e. The van der Waals surface area contributed by atoms with Crippen LogP contribution in [0.25, 0.3) is 6.08 Å². The molecule has 0 unspecified atom stereocenters. The van der Waals surface area contributed by atoms with Gasteiger partial charge in [-0.25, -0.2) is 0 Å². The summed E-state index contributed by atoms with van der Waals surface area (Å²) in [5.41, 5.74) is 1.13. The molecule has 6 heteroatoms. The van der Waals surface area contributed by atoms with Crippen LogP contribution < -0.4 is 10.1 Å². The second-order valence-corrected chi connectivity index (χ2v) is 4.41. The Hall–Kier alpha value is -2.39. The van der Waals surface area contributed by atoms with Crippen molar-refractivity contribution in [2.45, 2.75) is 6.92 Å². The lowest BCUT2D eigenvalue weighted by Crippen LogP contribution is -2.30. The molecule has 102 valence electrons. The third kappa shape index (κ3) is 2.78. The zero-order valence-corrected chi connectivity index (χ0v) is 11.7. The first-order valence-electron chi connectivity index (χ1n) is 6.10. The molecule has 1 N–H and O–H groups in total. The quantitative estimate of drug-likeness (QED) is 0.674. The second-order valence-electron chi connectivity index (χ2n) is 4.02. The number of thiocarbonyl (C=S) groups is 1. The zero-order valence-electron chi connectivity index (χ0n) is 10.9. The van der Waals surface area contributed by atoms with Gasteiger partial charge in [0.1, 0.15) is 17.5 Å². The molecule has 2 rings (SSSR count). The fourth-order valence-corrected chi connectivity index (χ4v) is 2.18. The zero-order chi connectivity index (χ0) is 14.5. The number of hydrogen-bond acceptors (Lipinski definition) is 4. The topological polar surface area (TPSA) is 65.4 Å². The van der Waals surface area contributed by atoms with E-state index in [1.54, 1.807) is 12.1 Å². The van der Waals surface area contributed by atoms with Crippen molar-refractivity contribution in [3.05, 3.63) is 35.5 Å². The molecule has 1 heterocycles. The monoisotopic (exact) mass is 287 g/mol. The molecular formula is C14H13N3O2S. The largest absolute Gasteiger partial charge is 0.478 e. The number of ether oxygens (including phenoxy) is 1. The molecule has 1 fully saturated rings. The Morgan fingerprint density at radius 1 is 1.50 bits per heavy atom. The van der Waals surface area contributed by atoms with Gasteiger partial charge in [0, 0.05) is 12.1 Å². The van der Waals surface area contributed by atoms with Crippen LogP contribution in [0.1, 0.15) is 12.5 Å². The Balaban J connectivity index is 2.30. The van der Waals surface area contributed by atoms with Gasteiger partial charge in [-0.05, 0) is 31.3 Å². The maximum Gasteiger partial charge on any atom is 0.276 e. The molecule has 1 aliphatic rings. The molecule has 0 saturated carbocycles. The molecule has 0 bridgehead atoms. The van der Waals surface area contributed by atoms with E-state index in [0.717, 1.165) is 5.56 Å². The van der Waals surface area contributed by atoms with Crippen molar-refractivity contribution in [2.24, 2.45) is 0 Å². The van der Waals surface area contributed by atoms with Crippen molar-refractivity contribution < 1.29 is 9.53 Å². The van der Waals surface area contributed by atoms with Gasteiger partial charge < -0.3 is 10.1 Å². The van der Waals surface area contributed by atoms with Crippen molar-refractivity contribution in [3.63, 3.8) is 0 Å².